The first-order valence-corrected chi connectivity index (χ1v) is 11.0. The Morgan fingerprint density at radius 3 is 2.52 bits per heavy atom. The summed E-state index contributed by atoms with van der Waals surface area (Å²) >= 11 is 0. The SMILES string of the molecule is COC(=O)c1ccccc1NC(=O)[C@H]1CCCN(S(=O)(=O)Cc2ccccc2)C1. The van der Waals surface area contributed by atoms with E-state index in [9.17, 15) is 18.0 Å². The Morgan fingerprint density at radius 2 is 1.79 bits per heavy atom. The minimum absolute atomic E-state index is 0.0899. The molecule has 0 bridgehead atoms. The van der Waals surface area contributed by atoms with Crippen LogP contribution in [0.1, 0.15) is 28.8 Å². The zero-order chi connectivity index (χ0) is 20.9. The molecule has 1 aliphatic rings. The van der Waals surface area contributed by atoms with Crippen LogP contribution < -0.4 is 5.32 Å². The summed E-state index contributed by atoms with van der Waals surface area (Å²) in [6, 6.07) is 15.6. The van der Waals surface area contributed by atoms with Crippen LogP contribution in [0.25, 0.3) is 0 Å². The summed E-state index contributed by atoms with van der Waals surface area (Å²) < 4.78 is 31.7. The van der Waals surface area contributed by atoms with Crippen LogP contribution in [-0.2, 0) is 25.3 Å². The minimum Gasteiger partial charge on any atom is -0.465 e. The summed E-state index contributed by atoms with van der Waals surface area (Å²) in [6.07, 6.45) is 1.19. The summed E-state index contributed by atoms with van der Waals surface area (Å²) in [5.41, 5.74) is 1.33. The molecule has 1 aliphatic heterocycles. The fraction of sp³-hybridized carbons (Fsp3) is 0.333. The number of rotatable bonds is 6. The molecule has 1 saturated heterocycles. The van der Waals surface area contributed by atoms with E-state index in [0.717, 1.165) is 0 Å². The van der Waals surface area contributed by atoms with Crippen molar-refractivity contribution in [3.8, 4) is 0 Å². The number of anilines is 1. The second-order valence-corrected chi connectivity index (χ2v) is 8.93. The number of piperidine rings is 1. The third kappa shape index (κ3) is 5.21. The van der Waals surface area contributed by atoms with E-state index >= 15 is 0 Å². The summed E-state index contributed by atoms with van der Waals surface area (Å²) in [4.78, 5) is 24.7. The van der Waals surface area contributed by atoms with E-state index in [0.29, 0.717) is 30.6 Å². The Labute approximate surface area is 170 Å². The zero-order valence-corrected chi connectivity index (χ0v) is 17.0. The van der Waals surface area contributed by atoms with Crippen LogP contribution in [0, 0.1) is 5.92 Å². The predicted molar refractivity (Wildman–Crippen MR) is 110 cm³/mol. The molecule has 7 nitrogen and oxygen atoms in total. The molecule has 29 heavy (non-hydrogen) atoms. The number of hydrogen-bond donors (Lipinski definition) is 1. The van der Waals surface area contributed by atoms with Gasteiger partial charge in [0.15, 0.2) is 0 Å². The highest BCUT2D eigenvalue weighted by Gasteiger charge is 2.32. The Bertz CT molecular complexity index is 976. The number of benzene rings is 2. The van der Waals surface area contributed by atoms with Gasteiger partial charge in [0.05, 0.1) is 30.0 Å². The number of esters is 1. The van der Waals surface area contributed by atoms with Gasteiger partial charge in [-0.1, -0.05) is 42.5 Å². The van der Waals surface area contributed by atoms with E-state index in [1.54, 1.807) is 48.5 Å². The van der Waals surface area contributed by atoms with Crippen molar-refractivity contribution in [3.63, 3.8) is 0 Å². The van der Waals surface area contributed by atoms with Gasteiger partial charge in [0.2, 0.25) is 15.9 Å². The van der Waals surface area contributed by atoms with Gasteiger partial charge in [0.1, 0.15) is 0 Å². The normalized spacial score (nSPS) is 17.5. The maximum Gasteiger partial charge on any atom is 0.339 e. The van der Waals surface area contributed by atoms with Gasteiger partial charge in [-0.2, -0.15) is 0 Å². The number of para-hydroxylation sites is 1. The molecule has 2 aromatic rings. The van der Waals surface area contributed by atoms with E-state index in [2.05, 4.69) is 5.32 Å². The molecule has 2 aromatic carbocycles. The smallest absolute Gasteiger partial charge is 0.339 e. The zero-order valence-electron chi connectivity index (χ0n) is 16.2. The van der Waals surface area contributed by atoms with E-state index < -0.39 is 21.9 Å². The molecule has 1 fully saturated rings. The molecule has 1 amide bonds. The molecule has 0 unspecified atom stereocenters. The summed E-state index contributed by atoms with van der Waals surface area (Å²) in [5.74, 6) is -1.43. The number of hydrogen-bond acceptors (Lipinski definition) is 5. The first-order valence-electron chi connectivity index (χ1n) is 9.40. The number of carbonyl (C=O) groups is 2. The van der Waals surface area contributed by atoms with Crippen LogP contribution in [-0.4, -0.2) is 44.8 Å². The number of nitrogens with one attached hydrogen (secondary N) is 1. The van der Waals surface area contributed by atoms with Crippen LogP contribution >= 0.6 is 0 Å². The van der Waals surface area contributed by atoms with Crippen LogP contribution in [0.5, 0.6) is 0 Å². The number of carbonyl (C=O) groups excluding carboxylic acids is 2. The topological polar surface area (TPSA) is 92.8 Å². The number of sulfonamides is 1. The highest BCUT2D eigenvalue weighted by molar-refractivity contribution is 7.88. The number of nitrogens with zero attached hydrogens (tertiary/aromatic N) is 1. The first-order chi connectivity index (χ1) is 13.9. The third-order valence-corrected chi connectivity index (χ3v) is 6.75. The monoisotopic (exact) mass is 416 g/mol. The minimum atomic E-state index is -3.52. The number of ether oxygens (including phenoxy) is 1. The van der Waals surface area contributed by atoms with Crippen molar-refractivity contribution in [3.05, 3.63) is 65.7 Å². The van der Waals surface area contributed by atoms with Gasteiger partial charge in [-0.05, 0) is 30.5 Å². The molecule has 1 N–H and O–H groups in total. The van der Waals surface area contributed by atoms with E-state index in [4.69, 9.17) is 4.74 Å². The molecular formula is C21H24N2O5S. The molecule has 8 heteroatoms. The second-order valence-electron chi connectivity index (χ2n) is 6.97. The fourth-order valence-corrected chi connectivity index (χ4v) is 5.01. The molecule has 0 aromatic heterocycles. The van der Waals surface area contributed by atoms with Crippen molar-refractivity contribution >= 4 is 27.6 Å². The van der Waals surface area contributed by atoms with E-state index in [1.807, 2.05) is 6.07 Å². The van der Waals surface area contributed by atoms with Crippen molar-refractivity contribution < 1.29 is 22.7 Å². The summed E-state index contributed by atoms with van der Waals surface area (Å²) in [6.45, 7) is 0.527. The second kappa shape index (κ2) is 9.19. The van der Waals surface area contributed by atoms with Gasteiger partial charge in [-0.3, -0.25) is 4.79 Å². The molecule has 154 valence electrons. The molecule has 0 radical (unpaired) electrons. The van der Waals surface area contributed by atoms with Gasteiger partial charge in [-0.25, -0.2) is 17.5 Å². The maximum atomic E-state index is 12.8. The molecule has 0 saturated carbocycles. The average Bonchev–Trinajstić information content (AvgIpc) is 2.74. The summed E-state index contributed by atoms with van der Waals surface area (Å²) in [5, 5.41) is 2.76. The number of methoxy groups -OCH3 is 1. The lowest BCUT2D eigenvalue weighted by Gasteiger charge is -2.31. The van der Waals surface area contributed by atoms with Gasteiger partial charge >= 0.3 is 5.97 Å². The van der Waals surface area contributed by atoms with E-state index in [1.165, 1.54) is 11.4 Å². The average molecular weight is 416 g/mol. The van der Waals surface area contributed by atoms with Crippen molar-refractivity contribution in [1.29, 1.82) is 0 Å². The Kier molecular flexibility index (Phi) is 6.66. The Morgan fingerprint density at radius 1 is 1.10 bits per heavy atom. The predicted octanol–water partition coefficient (Wildman–Crippen LogP) is 2.65. The van der Waals surface area contributed by atoms with Crippen LogP contribution in [0.15, 0.2) is 54.6 Å². The van der Waals surface area contributed by atoms with Crippen molar-refractivity contribution in [1.82, 2.24) is 4.31 Å². The maximum absolute atomic E-state index is 12.8. The van der Waals surface area contributed by atoms with Crippen molar-refractivity contribution in [2.24, 2.45) is 5.92 Å². The Balaban J connectivity index is 1.69. The quantitative estimate of drug-likeness (QED) is 0.731. The van der Waals surface area contributed by atoms with E-state index in [-0.39, 0.29) is 23.8 Å². The molecule has 0 spiro atoms. The highest BCUT2D eigenvalue weighted by Crippen LogP contribution is 2.24. The lowest BCUT2D eigenvalue weighted by molar-refractivity contribution is -0.120. The molecule has 1 atom stereocenters. The van der Waals surface area contributed by atoms with Crippen LogP contribution in [0.4, 0.5) is 5.69 Å². The van der Waals surface area contributed by atoms with Gasteiger partial charge in [-0.15, -0.1) is 0 Å². The lowest BCUT2D eigenvalue weighted by atomic mass is 9.98. The largest absolute Gasteiger partial charge is 0.465 e. The number of amides is 1. The highest BCUT2D eigenvalue weighted by atomic mass is 32.2. The fourth-order valence-electron chi connectivity index (χ4n) is 3.40. The standard InChI is InChI=1S/C21H24N2O5S/c1-28-21(25)18-11-5-6-12-19(18)22-20(24)17-10-7-13-23(14-17)29(26,27)15-16-8-3-2-4-9-16/h2-6,8-9,11-12,17H,7,10,13-15H2,1H3,(H,22,24)/t17-/m0/s1. The molecule has 0 aliphatic carbocycles. The summed E-state index contributed by atoms with van der Waals surface area (Å²) in [7, 11) is -2.25. The van der Waals surface area contributed by atoms with Gasteiger partial charge in [0.25, 0.3) is 0 Å². The molecular weight excluding hydrogens is 392 g/mol. The van der Waals surface area contributed by atoms with Gasteiger partial charge in [0, 0.05) is 13.1 Å². The van der Waals surface area contributed by atoms with Gasteiger partial charge < -0.3 is 10.1 Å². The van der Waals surface area contributed by atoms with Crippen LogP contribution in [0.2, 0.25) is 0 Å². The molecule has 3 rings (SSSR count). The molecule has 1 heterocycles. The Hall–Kier alpha value is -2.71. The van der Waals surface area contributed by atoms with Crippen LogP contribution in [0.3, 0.4) is 0 Å². The van der Waals surface area contributed by atoms with Crippen molar-refractivity contribution in [2.75, 3.05) is 25.5 Å². The van der Waals surface area contributed by atoms with Crippen molar-refractivity contribution in [2.45, 2.75) is 18.6 Å². The lowest BCUT2D eigenvalue weighted by Crippen LogP contribution is -2.44. The first kappa shape index (κ1) is 21.0. The third-order valence-electron chi connectivity index (χ3n) is 4.93.